The van der Waals surface area contributed by atoms with Crippen LogP contribution in [0.1, 0.15) is 0 Å². The standard InChI is InChI=1S/C29H17NS/c1-2-7-19-18(6-1)12-13-21-20(19)14-15-24-22(21)16-17-30-28(24)26-10-5-9-25-23-8-3-4-11-27(23)31-29(25)26/h1-17H. The van der Waals surface area contributed by atoms with Crippen LogP contribution >= 0.6 is 11.3 Å². The molecular formula is C29H17NS. The zero-order valence-electron chi connectivity index (χ0n) is 16.7. The van der Waals surface area contributed by atoms with E-state index in [0.717, 1.165) is 5.69 Å². The minimum Gasteiger partial charge on any atom is -0.256 e. The number of hydrogen-bond donors (Lipinski definition) is 0. The fourth-order valence-corrected chi connectivity index (χ4v) is 6.12. The van der Waals surface area contributed by atoms with E-state index < -0.39 is 0 Å². The van der Waals surface area contributed by atoms with Gasteiger partial charge in [-0.25, -0.2) is 0 Å². The first-order valence-corrected chi connectivity index (χ1v) is 11.3. The van der Waals surface area contributed by atoms with Crippen molar-refractivity contribution in [3.63, 3.8) is 0 Å². The molecule has 7 aromatic rings. The Morgan fingerprint density at radius 1 is 0.484 bits per heavy atom. The Kier molecular flexibility index (Phi) is 3.49. The van der Waals surface area contributed by atoms with Crippen LogP contribution in [0.2, 0.25) is 0 Å². The molecule has 2 heterocycles. The number of rotatable bonds is 1. The quantitative estimate of drug-likeness (QED) is 0.247. The summed E-state index contributed by atoms with van der Waals surface area (Å²) in [4.78, 5) is 4.87. The largest absolute Gasteiger partial charge is 0.256 e. The minimum atomic E-state index is 1.06. The molecule has 0 saturated heterocycles. The third kappa shape index (κ3) is 2.40. The normalized spacial score (nSPS) is 11.9. The van der Waals surface area contributed by atoms with Gasteiger partial charge in [0.15, 0.2) is 0 Å². The molecule has 0 atom stereocenters. The maximum absolute atomic E-state index is 4.87. The van der Waals surface area contributed by atoms with E-state index in [1.54, 1.807) is 0 Å². The van der Waals surface area contributed by atoms with Crippen LogP contribution in [0.4, 0.5) is 0 Å². The van der Waals surface area contributed by atoms with Gasteiger partial charge in [0.25, 0.3) is 0 Å². The van der Waals surface area contributed by atoms with E-state index in [9.17, 15) is 0 Å². The maximum atomic E-state index is 4.87. The zero-order valence-corrected chi connectivity index (χ0v) is 17.5. The number of pyridine rings is 1. The molecule has 0 aliphatic rings. The van der Waals surface area contributed by atoms with Crippen LogP contribution < -0.4 is 0 Å². The van der Waals surface area contributed by atoms with Gasteiger partial charge in [0, 0.05) is 37.3 Å². The lowest BCUT2D eigenvalue weighted by Crippen LogP contribution is -1.88. The average Bonchev–Trinajstić information content (AvgIpc) is 3.22. The Labute approximate surface area is 183 Å². The highest BCUT2D eigenvalue weighted by Crippen LogP contribution is 2.42. The second-order valence-corrected chi connectivity index (χ2v) is 9.03. The van der Waals surface area contributed by atoms with Crippen LogP contribution in [-0.2, 0) is 0 Å². The van der Waals surface area contributed by atoms with Crippen molar-refractivity contribution in [2.45, 2.75) is 0 Å². The first-order chi connectivity index (χ1) is 15.4. The molecule has 0 bridgehead atoms. The minimum absolute atomic E-state index is 1.06. The molecule has 1 nitrogen and oxygen atoms in total. The summed E-state index contributed by atoms with van der Waals surface area (Å²) in [5, 5.41) is 10.2. The summed E-state index contributed by atoms with van der Waals surface area (Å²) in [6, 6.07) is 35.0. The van der Waals surface area contributed by atoms with Crippen LogP contribution in [0.3, 0.4) is 0 Å². The summed E-state index contributed by atoms with van der Waals surface area (Å²) in [5.74, 6) is 0. The highest BCUT2D eigenvalue weighted by molar-refractivity contribution is 7.26. The third-order valence-corrected chi connectivity index (χ3v) is 7.55. The number of aromatic nitrogens is 1. The van der Waals surface area contributed by atoms with Crippen molar-refractivity contribution in [3.05, 3.63) is 103 Å². The van der Waals surface area contributed by atoms with Gasteiger partial charge in [-0.15, -0.1) is 11.3 Å². The second kappa shape index (κ2) is 6.37. The Morgan fingerprint density at radius 3 is 2.16 bits per heavy atom. The van der Waals surface area contributed by atoms with Gasteiger partial charge in [0.1, 0.15) is 0 Å². The van der Waals surface area contributed by atoms with Gasteiger partial charge >= 0.3 is 0 Å². The van der Waals surface area contributed by atoms with E-state index in [2.05, 4.69) is 97.1 Å². The molecule has 0 aliphatic heterocycles. The van der Waals surface area contributed by atoms with Crippen LogP contribution in [-0.4, -0.2) is 4.98 Å². The lowest BCUT2D eigenvalue weighted by atomic mass is 9.95. The molecule has 0 saturated carbocycles. The van der Waals surface area contributed by atoms with Crippen LogP contribution in [0.25, 0.3) is 63.7 Å². The third-order valence-electron chi connectivity index (χ3n) is 6.33. The van der Waals surface area contributed by atoms with Crippen LogP contribution in [0.15, 0.2) is 103 Å². The van der Waals surface area contributed by atoms with E-state index in [0.29, 0.717) is 0 Å². The van der Waals surface area contributed by atoms with Crippen molar-refractivity contribution in [2.24, 2.45) is 0 Å². The molecule has 5 aromatic carbocycles. The molecule has 7 rings (SSSR count). The van der Waals surface area contributed by atoms with Crippen molar-refractivity contribution < 1.29 is 0 Å². The number of nitrogens with zero attached hydrogens (tertiary/aromatic N) is 1. The van der Waals surface area contributed by atoms with Crippen molar-refractivity contribution in [2.75, 3.05) is 0 Å². The number of fused-ring (bicyclic) bond motifs is 8. The van der Waals surface area contributed by atoms with E-state index >= 15 is 0 Å². The predicted molar refractivity (Wildman–Crippen MR) is 135 cm³/mol. The first kappa shape index (κ1) is 17.0. The van der Waals surface area contributed by atoms with Gasteiger partial charge in [-0.05, 0) is 39.1 Å². The van der Waals surface area contributed by atoms with E-state index in [4.69, 9.17) is 4.98 Å². The Balaban J connectivity index is 1.58. The van der Waals surface area contributed by atoms with Gasteiger partial charge in [0.05, 0.1) is 5.69 Å². The Bertz CT molecular complexity index is 1790. The highest BCUT2D eigenvalue weighted by Gasteiger charge is 2.14. The zero-order chi connectivity index (χ0) is 20.4. The monoisotopic (exact) mass is 411 g/mol. The fourth-order valence-electron chi connectivity index (χ4n) is 4.90. The molecule has 0 fully saturated rings. The molecule has 2 aromatic heterocycles. The molecule has 0 amide bonds. The molecule has 0 radical (unpaired) electrons. The SMILES string of the molecule is c1ccc2c(c1)ccc1c3ccnc(-c4cccc5c4sc4ccccc45)c3ccc21. The molecule has 0 unspecified atom stereocenters. The molecular weight excluding hydrogens is 394 g/mol. The molecule has 31 heavy (non-hydrogen) atoms. The van der Waals surface area contributed by atoms with Gasteiger partial charge in [-0.3, -0.25) is 4.98 Å². The maximum Gasteiger partial charge on any atom is 0.0794 e. The van der Waals surface area contributed by atoms with Crippen LogP contribution in [0, 0.1) is 0 Å². The lowest BCUT2D eigenvalue weighted by molar-refractivity contribution is 1.37. The van der Waals surface area contributed by atoms with E-state index in [1.807, 2.05) is 17.5 Å². The van der Waals surface area contributed by atoms with Gasteiger partial charge in [-0.2, -0.15) is 0 Å². The predicted octanol–water partition coefficient (Wildman–Crippen LogP) is 8.58. The van der Waals surface area contributed by atoms with Crippen LogP contribution in [0.5, 0.6) is 0 Å². The Hall–Kier alpha value is -3.75. The molecule has 0 spiro atoms. The first-order valence-electron chi connectivity index (χ1n) is 10.5. The van der Waals surface area contributed by atoms with Crippen molar-refractivity contribution in [3.8, 4) is 11.3 Å². The van der Waals surface area contributed by atoms with Gasteiger partial charge < -0.3 is 0 Å². The summed E-state index contributed by atoms with van der Waals surface area (Å²) in [6.45, 7) is 0. The van der Waals surface area contributed by atoms with Crippen molar-refractivity contribution in [1.29, 1.82) is 0 Å². The van der Waals surface area contributed by atoms with E-state index in [-0.39, 0.29) is 0 Å². The summed E-state index contributed by atoms with van der Waals surface area (Å²) < 4.78 is 2.63. The number of benzene rings is 5. The highest BCUT2D eigenvalue weighted by atomic mass is 32.1. The summed E-state index contributed by atoms with van der Waals surface area (Å²) in [7, 11) is 0. The second-order valence-electron chi connectivity index (χ2n) is 7.98. The van der Waals surface area contributed by atoms with Crippen molar-refractivity contribution >= 4 is 63.8 Å². The molecule has 144 valence electrons. The van der Waals surface area contributed by atoms with Crippen molar-refractivity contribution in [1.82, 2.24) is 4.98 Å². The Morgan fingerprint density at radius 2 is 1.19 bits per heavy atom. The number of thiophene rings is 1. The van der Waals surface area contributed by atoms with E-state index in [1.165, 1.54) is 58.1 Å². The average molecular weight is 412 g/mol. The molecule has 0 aliphatic carbocycles. The van der Waals surface area contributed by atoms with Gasteiger partial charge in [-0.1, -0.05) is 84.9 Å². The summed E-state index contributed by atoms with van der Waals surface area (Å²) in [5.41, 5.74) is 2.27. The molecule has 2 heteroatoms. The fraction of sp³-hybridized carbons (Fsp3) is 0. The summed E-state index contributed by atoms with van der Waals surface area (Å²) >= 11 is 1.86. The topological polar surface area (TPSA) is 12.9 Å². The van der Waals surface area contributed by atoms with Gasteiger partial charge in [0.2, 0.25) is 0 Å². The smallest absolute Gasteiger partial charge is 0.0794 e. The lowest BCUT2D eigenvalue weighted by Gasteiger charge is -2.11. The molecule has 0 N–H and O–H groups in total. The summed E-state index contributed by atoms with van der Waals surface area (Å²) in [6.07, 6.45) is 1.96. The number of hydrogen-bond acceptors (Lipinski definition) is 2.